The van der Waals surface area contributed by atoms with E-state index in [9.17, 15) is 4.39 Å². The fourth-order valence-corrected chi connectivity index (χ4v) is 1.85. The van der Waals surface area contributed by atoms with E-state index >= 15 is 0 Å². The van der Waals surface area contributed by atoms with Crippen molar-refractivity contribution in [2.24, 2.45) is 0 Å². The van der Waals surface area contributed by atoms with E-state index in [1.165, 1.54) is 12.1 Å². The Balaban J connectivity index is 2.07. The molecule has 2 nitrogen and oxygen atoms in total. The highest BCUT2D eigenvalue weighted by Crippen LogP contribution is 2.23. The monoisotopic (exact) mass is 314 g/mol. The minimum atomic E-state index is -0.240. The summed E-state index contributed by atoms with van der Waals surface area (Å²) in [5.74, 6) is -0.240. The van der Waals surface area contributed by atoms with Gasteiger partial charge in [-0.2, -0.15) is 0 Å². The fraction of sp³-hybridized carbons (Fsp3) is 0.0833. The number of aromatic nitrogens is 1. The molecule has 0 bridgehead atoms. The van der Waals surface area contributed by atoms with Gasteiger partial charge in [0.1, 0.15) is 5.82 Å². The van der Waals surface area contributed by atoms with E-state index in [1.807, 2.05) is 6.07 Å². The molecule has 0 saturated carbocycles. The zero-order chi connectivity index (χ0) is 12.3. The average Bonchev–Trinajstić information content (AvgIpc) is 2.32. The van der Waals surface area contributed by atoms with Crippen molar-refractivity contribution in [3.63, 3.8) is 0 Å². The van der Waals surface area contributed by atoms with Gasteiger partial charge in [0.05, 0.1) is 5.69 Å². The van der Waals surface area contributed by atoms with E-state index in [0.717, 1.165) is 15.7 Å². The average molecular weight is 316 g/mol. The van der Waals surface area contributed by atoms with Crippen LogP contribution in [0.2, 0.25) is 5.15 Å². The number of rotatable bonds is 3. The van der Waals surface area contributed by atoms with E-state index < -0.39 is 0 Å². The maximum absolute atomic E-state index is 12.7. The Morgan fingerprint density at radius 1 is 1.29 bits per heavy atom. The molecule has 0 spiro atoms. The molecular weight excluding hydrogens is 307 g/mol. The molecule has 17 heavy (non-hydrogen) atoms. The smallest absolute Gasteiger partial charge is 0.152 e. The summed E-state index contributed by atoms with van der Waals surface area (Å²) < 4.78 is 13.6. The number of hydrogen-bond donors (Lipinski definition) is 1. The van der Waals surface area contributed by atoms with Crippen LogP contribution in [-0.4, -0.2) is 4.98 Å². The number of nitrogens with zero attached hydrogens (tertiary/aromatic N) is 1. The highest BCUT2D eigenvalue weighted by Gasteiger charge is 2.02. The van der Waals surface area contributed by atoms with E-state index in [2.05, 4.69) is 26.2 Å². The second-order valence-corrected chi connectivity index (χ2v) is 4.75. The van der Waals surface area contributed by atoms with Crippen LogP contribution in [0.4, 0.5) is 10.1 Å². The summed E-state index contributed by atoms with van der Waals surface area (Å²) in [7, 11) is 0. The van der Waals surface area contributed by atoms with Gasteiger partial charge in [-0.3, -0.25) is 0 Å². The highest BCUT2D eigenvalue weighted by atomic mass is 79.9. The van der Waals surface area contributed by atoms with Crippen LogP contribution in [0, 0.1) is 5.82 Å². The van der Waals surface area contributed by atoms with Gasteiger partial charge in [0.25, 0.3) is 0 Å². The minimum absolute atomic E-state index is 0.240. The lowest BCUT2D eigenvalue weighted by Gasteiger charge is -2.08. The lowest BCUT2D eigenvalue weighted by molar-refractivity contribution is 0.627. The number of anilines is 1. The fourth-order valence-electron chi connectivity index (χ4n) is 1.35. The molecule has 1 N–H and O–H groups in total. The van der Waals surface area contributed by atoms with Gasteiger partial charge < -0.3 is 5.32 Å². The topological polar surface area (TPSA) is 24.9 Å². The van der Waals surface area contributed by atoms with Crippen LogP contribution in [-0.2, 0) is 6.54 Å². The van der Waals surface area contributed by atoms with Gasteiger partial charge >= 0.3 is 0 Å². The summed E-state index contributed by atoms with van der Waals surface area (Å²) in [6, 6.07) is 8.15. The van der Waals surface area contributed by atoms with Gasteiger partial charge in [0, 0.05) is 17.2 Å². The standard InChI is InChI=1S/C12H9BrClFN2/c13-9-5-11(12(14)17-7-9)16-6-8-1-3-10(15)4-2-8/h1-5,7,16H,6H2. The highest BCUT2D eigenvalue weighted by molar-refractivity contribution is 9.10. The molecule has 0 atom stereocenters. The molecule has 0 radical (unpaired) electrons. The Kier molecular flexibility index (Phi) is 3.97. The van der Waals surface area contributed by atoms with Crippen molar-refractivity contribution in [2.75, 3.05) is 5.32 Å². The third kappa shape index (κ3) is 3.41. The number of halogens is 3. The minimum Gasteiger partial charge on any atom is -0.378 e. The van der Waals surface area contributed by atoms with Crippen molar-refractivity contribution in [3.05, 3.63) is 57.5 Å². The molecule has 2 rings (SSSR count). The van der Waals surface area contributed by atoms with E-state index in [1.54, 1.807) is 18.3 Å². The summed E-state index contributed by atoms with van der Waals surface area (Å²) >= 11 is 9.25. The number of pyridine rings is 1. The normalized spacial score (nSPS) is 10.3. The van der Waals surface area contributed by atoms with E-state index in [0.29, 0.717) is 11.7 Å². The molecule has 1 aromatic carbocycles. The van der Waals surface area contributed by atoms with Gasteiger partial charge in [-0.15, -0.1) is 0 Å². The van der Waals surface area contributed by atoms with Crippen molar-refractivity contribution in [3.8, 4) is 0 Å². The Morgan fingerprint density at radius 2 is 2.00 bits per heavy atom. The molecule has 0 aliphatic rings. The zero-order valence-electron chi connectivity index (χ0n) is 8.75. The van der Waals surface area contributed by atoms with E-state index in [-0.39, 0.29) is 5.82 Å². The number of nitrogens with one attached hydrogen (secondary N) is 1. The summed E-state index contributed by atoms with van der Waals surface area (Å²) in [6.07, 6.45) is 1.63. The predicted octanol–water partition coefficient (Wildman–Crippen LogP) is 4.25. The van der Waals surface area contributed by atoms with Gasteiger partial charge in [-0.1, -0.05) is 23.7 Å². The maximum atomic E-state index is 12.7. The van der Waals surface area contributed by atoms with Crippen molar-refractivity contribution < 1.29 is 4.39 Å². The van der Waals surface area contributed by atoms with Crippen LogP contribution in [0.5, 0.6) is 0 Å². The molecular formula is C12H9BrClFN2. The van der Waals surface area contributed by atoms with E-state index in [4.69, 9.17) is 11.6 Å². The van der Waals surface area contributed by atoms with Crippen LogP contribution in [0.3, 0.4) is 0 Å². The Labute approximate surface area is 112 Å². The van der Waals surface area contributed by atoms with Crippen LogP contribution in [0.1, 0.15) is 5.56 Å². The van der Waals surface area contributed by atoms with Gasteiger partial charge in [-0.05, 0) is 39.7 Å². The van der Waals surface area contributed by atoms with Crippen LogP contribution in [0.25, 0.3) is 0 Å². The SMILES string of the molecule is Fc1ccc(CNc2cc(Br)cnc2Cl)cc1. The third-order valence-electron chi connectivity index (χ3n) is 2.20. The molecule has 88 valence electrons. The Morgan fingerprint density at radius 3 is 2.71 bits per heavy atom. The van der Waals surface area contributed by atoms with Gasteiger partial charge in [0.2, 0.25) is 0 Å². The Hall–Kier alpha value is -1.13. The number of hydrogen-bond acceptors (Lipinski definition) is 2. The summed E-state index contributed by atoms with van der Waals surface area (Å²) in [4.78, 5) is 4.00. The molecule has 1 aromatic heterocycles. The second-order valence-electron chi connectivity index (χ2n) is 3.47. The molecule has 5 heteroatoms. The summed E-state index contributed by atoms with van der Waals surface area (Å²) in [5.41, 5.74) is 1.72. The third-order valence-corrected chi connectivity index (χ3v) is 2.94. The zero-order valence-corrected chi connectivity index (χ0v) is 11.1. The van der Waals surface area contributed by atoms with Gasteiger partial charge in [-0.25, -0.2) is 9.37 Å². The lowest BCUT2D eigenvalue weighted by Crippen LogP contribution is -2.00. The largest absolute Gasteiger partial charge is 0.378 e. The molecule has 0 aliphatic heterocycles. The molecule has 1 heterocycles. The summed E-state index contributed by atoms with van der Waals surface area (Å²) in [5, 5.41) is 3.55. The first-order valence-electron chi connectivity index (χ1n) is 4.94. The van der Waals surface area contributed by atoms with Crippen molar-refractivity contribution in [2.45, 2.75) is 6.54 Å². The van der Waals surface area contributed by atoms with Crippen LogP contribution in [0.15, 0.2) is 41.0 Å². The molecule has 0 unspecified atom stereocenters. The first-order valence-corrected chi connectivity index (χ1v) is 6.11. The molecule has 0 fully saturated rings. The van der Waals surface area contributed by atoms with Crippen LogP contribution < -0.4 is 5.32 Å². The first-order chi connectivity index (χ1) is 8.15. The number of benzene rings is 1. The molecule has 0 amide bonds. The molecule has 2 aromatic rings. The lowest BCUT2D eigenvalue weighted by atomic mass is 10.2. The predicted molar refractivity (Wildman–Crippen MR) is 70.7 cm³/mol. The van der Waals surface area contributed by atoms with Crippen LogP contribution >= 0.6 is 27.5 Å². The van der Waals surface area contributed by atoms with Gasteiger partial charge in [0.15, 0.2) is 5.15 Å². The first kappa shape index (κ1) is 12.3. The molecule has 0 saturated heterocycles. The van der Waals surface area contributed by atoms with Crippen molar-refractivity contribution >= 4 is 33.2 Å². The second kappa shape index (κ2) is 5.47. The van der Waals surface area contributed by atoms with Crippen molar-refractivity contribution in [1.29, 1.82) is 0 Å². The Bertz CT molecular complexity index is 516. The quantitative estimate of drug-likeness (QED) is 0.857. The summed E-state index contributed by atoms with van der Waals surface area (Å²) in [6.45, 7) is 0.568. The molecule has 0 aliphatic carbocycles. The van der Waals surface area contributed by atoms with Crippen molar-refractivity contribution in [1.82, 2.24) is 4.98 Å². The maximum Gasteiger partial charge on any atom is 0.152 e.